The number of carbonyl (C=O) groups excluding carboxylic acids is 2. The molecular weight excluding hydrogens is 320 g/mol. The number of imide groups is 1. The molecule has 6 heteroatoms. The van der Waals surface area contributed by atoms with E-state index in [1.165, 1.54) is 4.90 Å². The van der Waals surface area contributed by atoms with Crippen LogP contribution in [0.1, 0.15) is 31.8 Å². The van der Waals surface area contributed by atoms with E-state index in [0.717, 1.165) is 17.3 Å². The molecule has 0 aliphatic carbocycles. The third-order valence-electron chi connectivity index (χ3n) is 4.06. The number of carbonyl (C=O) groups is 3. The van der Waals surface area contributed by atoms with Crippen molar-refractivity contribution in [1.29, 1.82) is 0 Å². The highest BCUT2D eigenvalue weighted by Crippen LogP contribution is 2.23. The van der Waals surface area contributed by atoms with Gasteiger partial charge in [0.1, 0.15) is 6.21 Å². The van der Waals surface area contributed by atoms with Crippen LogP contribution in [0.3, 0.4) is 0 Å². The van der Waals surface area contributed by atoms with E-state index in [-0.39, 0.29) is 24.9 Å². The molecule has 3 rings (SSSR count). The molecule has 1 aliphatic rings. The van der Waals surface area contributed by atoms with Gasteiger partial charge in [0.2, 0.25) is 0 Å². The van der Waals surface area contributed by atoms with Gasteiger partial charge in [0.25, 0.3) is 11.8 Å². The quantitative estimate of drug-likeness (QED) is 0.647. The summed E-state index contributed by atoms with van der Waals surface area (Å²) in [5.41, 5.74) is 2.68. The highest BCUT2D eigenvalue weighted by molar-refractivity contribution is 6.22. The number of benzene rings is 2. The number of carboxylic acids is 1. The van der Waals surface area contributed by atoms with Gasteiger partial charge in [-0.15, -0.1) is 0 Å². The predicted octanol–water partition coefficient (Wildman–Crippen LogP) is 2.18. The zero-order chi connectivity index (χ0) is 17.8. The second-order valence-corrected chi connectivity index (χ2v) is 5.63. The summed E-state index contributed by atoms with van der Waals surface area (Å²) in [4.78, 5) is 40.4. The number of nitrogens with zero attached hydrogens (tertiary/aromatic N) is 2. The average Bonchev–Trinajstić information content (AvgIpc) is 2.85. The van der Waals surface area contributed by atoms with Crippen molar-refractivity contribution in [2.24, 2.45) is 4.99 Å². The van der Waals surface area contributed by atoms with E-state index < -0.39 is 5.97 Å². The van der Waals surface area contributed by atoms with Gasteiger partial charge in [-0.05, 0) is 29.7 Å². The van der Waals surface area contributed by atoms with Crippen molar-refractivity contribution in [1.82, 2.24) is 4.90 Å². The van der Waals surface area contributed by atoms with Crippen molar-refractivity contribution < 1.29 is 19.5 Å². The van der Waals surface area contributed by atoms with Crippen LogP contribution in [0, 0.1) is 0 Å². The number of amides is 2. The van der Waals surface area contributed by atoms with Crippen LogP contribution >= 0.6 is 0 Å². The summed E-state index contributed by atoms with van der Waals surface area (Å²) in [6, 6.07) is 14.3. The van der Waals surface area contributed by atoms with E-state index in [4.69, 9.17) is 5.11 Å². The van der Waals surface area contributed by atoms with Gasteiger partial charge in [-0.25, -0.2) is 4.79 Å². The molecule has 6 nitrogen and oxygen atoms in total. The van der Waals surface area contributed by atoms with E-state index in [1.54, 1.807) is 24.3 Å². The minimum atomic E-state index is -1.09. The van der Waals surface area contributed by atoms with Crippen LogP contribution in [0.4, 0.5) is 0 Å². The number of aliphatic carboxylic acids is 1. The first-order chi connectivity index (χ1) is 12.1. The number of hydrogen-bond donors (Lipinski definition) is 1. The smallest absolute Gasteiger partial charge is 0.346 e. The van der Waals surface area contributed by atoms with Gasteiger partial charge in [-0.1, -0.05) is 36.4 Å². The first-order valence-electron chi connectivity index (χ1n) is 7.82. The molecular formula is C19H16N2O4. The van der Waals surface area contributed by atoms with E-state index in [0.29, 0.717) is 17.5 Å². The molecule has 0 radical (unpaired) electrons. The van der Waals surface area contributed by atoms with Crippen LogP contribution in [0.15, 0.2) is 53.5 Å². The van der Waals surface area contributed by atoms with E-state index >= 15 is 0 Å². The van der Waals surface area contributed by atoms with Crippen molar-refractivity contribution in [2.45, 2.75) is 13.0 Å². The fourth-order valence-electron chi connectivity index (χ4n) is 2.85. The first-order valence-corrected chi connectivity index (χ1v) is 7.82. The van der Waals surface area contributed by atoms with Gasteiger partial charge < -0.3 is 5.11 Å². The minimum absolute atomic E-state index is 0.241. The summed E-state index contributed by atoms with van der Waals surface area (Å²) >= 11 is 0. The molecule has 0 unspecified atom stereocenters. The molecule has 0 aromatic heterocycles. The second kappa shape index (κ2) is 7.09. The molecule has 1 aliphatic heterocycles. The van der Waals surface area contributed by atoms with Crippen LogP contribution in [-0.4, -0.2) is 40.5 Å². The molecule has 0 spiro atoms. The van der Waals surface area contributed by atoms with Gasteiger partial charge in [0.05, 0.1) is 17.7 Å². The van der Waals surface area contributed by atoms with Gasteiger partial charge in [0, 0.05) is 6.54 Å². The van der Waals surface area contributed by atoms with E-state index in [9.17, 15) is 14.4 Å². The van der Waals surface area contributed by atoms with Gasteiger partial charge in [0.15, 0.2) is 0 Å². The molecule has 0 atom stereocenters. The molecule has 0 saturated heterocycles. The summed E-state index contributed by atoms with van der Waals surface area (Å²) in [7, 11) is 0. The number of carboxylic acid groups (broad SMARTS) is 1. The molecule has 2 aromatic rings. The van der Waals surface area contributed by atoms with Gasteiger partial charge >= 0.3 is 5.97 Å². The minimum Gasteiger partial charge on any atom is -0.477 e. The van der Waals surface area contributed by atoms with Gasteiger partial charge in [-0.2, -0.15) is 0 Å². The monoisotopic (exact) mass is 336 g/mol. The number of rotatable bonds is 6. The maximum atomic E-state index is 12.4. The third-order valence-corrected chi connectivity index (χ3v) is 4.06. The Labute approximate surface area is 144 Å². The van der Waals surface area contributed by atoms with Crippen LogP contribution in [-0.2, 0) is 17.8 Å². The molecule has 0 fully saturated rings. The largest absolute Gasteiger partial charge is 0.477 e. The topological polar surface area (TPSA) is 87.0 Å². The Balaban J connectivity index is 1.72. The fraction of sp³-hybridized carbons (Fsp3) is 0.158. The highest BCUT2D eigenvalue weighted by atomic mass is 16.4. The standard InChI is InChI=1S/C19H16N2O4/c22-17(23)12-20-11-14-6-2-1-5-13(14)9-10-21-18(24)15-7-3-4-8-16(15)19(21)25/h1-8,12H,9-11H2,(H,22,23). The summed E-state index contributed by atoms with van der Waals surface area (Å²) in [6.07, 6.45) is 1.35. The average molecular weight is 336 g/mol. The lowest BCUT2D eigenvalue weighted by atomic mass is 10.0. The normalized spacial score (nSPS) is 13.5. The zero-order valence-electron chi connectivity index (χ0n) is 13.4. The maximum absolute atomic E-state index is 12.4. The van der Waals surface area contributed by atoms with Crippen LogP contribution in [0.2, 0.25) is 0 Å². The summed E-state index contributed by atoms with van der Waals surface area (Å²) in [5.74, 6) is -1.65. The lowest BCUT2D eigenvalue weighted by molar-refractivity contribution is -0.128. The molecule has 25 heavy (non-hydrogen) atoms. The predicted molar refractivity (Wildman–Crippen MR) is 91.8 cm³/mol. The molecule has 1 heterocycles. The molecule has 2 aromatic carbocycles. The number of aliphatic imine (C=N–C) groups is 1. The Bertz CT molecular complexity index is 838. The second-order valence-electron chi connectivity index (χ2n) is 5.63. The van der Waals surface area contributed by atoms with Crippen molar-refractivity contribution in [3.8, 4) is 0 Å². The number of hydrogen-bond acceptors (Lipinski definition) is 4. The Morgan fingerprint density at radius 2 is 1.52 bits per heavy atom. The van der Waals surface area contributed by atoms with E-state index in [2.05, 4.69) is 4.99 Å². The Kier molecular flexibility index (Phi) is 4.70. The van der Waals surface area contributed by atoms with E-state index in [1.807, 2.05) is 24.3 Å². The molecule has 126 valence electrons. The van der Waals surface area contributed by atoms with Gasteiger partial charge in [-0.3, -0.25) is 19.5 Å². The maximum Gasteiger partial charge on any atom is 0.346 e. The summed E-state index contributed by atoms with van der Waals surface area (Å²) in [6.45, 7) is 0.511. The van der Waals surface area contributed by atoms with Crippen molar-refractivity contribution >= 4 is 24.0 Å². The molecule has 2 amide bonds. The SMILES string of the molecule is O=C(O)C=NCc1ccccc1CCN1C(=O)c2ccccc2C1=O. The molecule has 0 saturated carbocycles. The van der Waals surface area contributed by atoms with Crippen molar-refractivity contribution in [3.63, 3.8) is 0 Å². The highest BCUT2D eigenvalue weighted by Gasteiger charge is 2.34. The third kappa shape index (κ3) is 3.47. The summed E-state index contributed by atoms with van der Waals surface area (Å²) < 4.78 is 0. The Hall–Kier alpha value is -3.28. The fourth-order valence-corrected chi connectivity index (χ4v) is 2.85. The van der Waals surface area contributed by atoms with Crippen LogP contribution in [0.5, 0.6) is 0 Å². The lowest BCUT2D eigenvalue weighted by Crippen LogP contribution is -2.31. The first kappa shape index (κ1) is 16.6. The summed E-state index contributed by atoms with van der Waals surface area (Å²) in [5, 5.41) is 8.62. The Morgan fingerprint density at radius 1 is 0.960 bits per heavy atom. The zero-order valence-corrected chi connectivity index (χ0v) is 13.4. The number of fused-ring (bicyclic) bond motifs is 1. The van der Waals surface area contributed by atoms with Crippen LogP contribution < -0.4 is 0 Å². The van der Waals surface area contributed by atoms with Crippen LogP contribution in [0.25, 0.3) is 0 Å². The lowest BCUT2D eigenvalue weighted by Gasteiger charge is -2.15. The molecule has 0 bridgehead atoms. The van der Waals surface area contributed by atoms with Crippen molar-refractivity contribution in [3.05, 3.63) is 70.8 Å². The Morgan fingerprint density at radius 3 is 2.12 bits per heavy atom. The van der Waals surface area contributed by atoms with Crippen molar-refractivity contribution in [2.75, 3.05) is 6.54 Å². The molecule has 1 N–H and O–H groups in total.